The highest BCUT2D eigenvalue weighted by Crippen LogP contribution is 2.36. The number of esters is 2. The lowest BCUT2D eigenvalue weighted by Gasteiger charge is -2.25. The predicted molar refractivity (Wildman–Crippen MR) is 144 cm³/mol. The number of hydrogen-bond acceptors (Lipinski definition) is 10. The molecule has 10 nitrogen and oxygen atoms in total. The lowest BCUT2D eigenvalue weighted by molar-refractivity contribution is -0.139. The smallest absolute Gasteiger partial charge is 0.338 e. The van der Waals surface area contributed by atoms with Crippen LogP contribution in [-0.4, -0.2) is 44.4 Å². The zero-order valence-electron chi connectivity index (χ0n) is 22.4. The average molecular weight is 553 g/mol. The van der Waals surface area contributed by atoms with Gasteiger partial charge in [-0.2, -0.15) is 0 Å². The van der Waals surface area contributed by atoms with Crippen LogP contribution < -0.4 is 33.8 Å². The highest BCUT2D eigenvalue weighted by atomic mass is 32.1. The number of nitrogens with zero attached hydrogens (tertiary/aromatic N) is 2. The summed E-state index contributed by atoms with van der Waals surface area (Å²) in [5.74, 6) is 0.489. The van der Waals surface area contributed by atoms with E-state index in [1.807, 2.05) is 6.07 Å². The number of hydrogen-bond donors (Lipinski definition) is 0. The second kappa shape index (κ2) is 11.6. The van der Waals surface area contributed by atoms with Gasteiger partial charge in [0.15, 0.2) is 27.8 Å². The van der Waals surface area contributed by atoms with Crippen LogP contribution in [0.25, 0.3) is 6.08 Å². The van der Waals surface area contributed by atoms with Gasteiger partial charge in [-0.1, -0.05) is 23.5 Å². The summed E-state index contributed by atoms with van der Waals surface area (Å²) in [6, 6.07) is 9.35. The van der Waals surface area contributed by atoms with Crippen molar-refractivity contribution < 1.29 is 33.3 Å². The number of rotatable bonds is 8. The minimum atomic E-state index is -0.854. The number of carbonyl (C=O) groups excluding carboxylic acids is 2. The van der Waals surface area contributed by atoms with Crippen LogP contribution in [0.5, 0.6) is 23.0 Å². The molecule has 11 heteroatoms. The van der Waals surface area contributed by atoms with Gasteiger partial charge in [0.1, 0.15) is 0 Å². The third-order valence-electron chi connectivity index (χ3n) is 5.98. The minimum absolute atomic E-state index is 0.154. The summed E-state index contributed by atoms with van der Waals surface area (Å²) in [6.07, 6.45) is 1.73. The summed E-state index contributed by atoms with van der Waals surface area (Å²) in [4.78, 5) is 43.5. The van der Waals surface area contributed by atoms with E-state index in [1.54, 1.807) is 57.4 Å². The Balaban J connectivity index is 1.93. The van der Waals surface area contributed by atoms with Crippen molar-refractivity contribution in [2.75, 3.05) is 27.9 Å². The molecular formula is C28H28N2O8S. The van der Waals surface area contributed by atoms with E-state index in [-0.39, 0.29) is 29.2 Å². The number of methoxy groups -OCH3 is 3. The largest absolute Gasteiger partial charge is 0.493 e. The maximum atomic E-state index is 13.8. The van der Waals surface area contributed by atoms with Gasteiger partial charge in [0.25, 0.3) is 5.56 Å². The fourth-order valence-corrected chi connectivity index (χ4v) is 5.34. The van der Waals surface area contributed by atoms with Crippen LogP contribution in [0.2, 0.25) is 0 Å². The van der Waals surface area contributed by atoms with Crippen molar-refractivity contribution in [2.24, 2.45) is 4.99 Å². The van der Waals surface area contributed by atoms with E-state index in [0.29, 0.717) is 32.1 Å². The van der Waals surface area contributed by atoms with Gasteiger partial charge in [-0.15, -0.1) is 0 Å². The van der Waals surface area contributed by atoms with Crippen molar-refractivity contribution >= 4 is 29.4 Å². The third-order valence-corrected chi connectivity index (χ3v) is 6.96. The summed E-state index contributed by atoms with van der Waals surface area (Å²) in [6.45, 7) is 4.85. The summed E-state index contributed by atoms with van der Waals surface area (Å²) < 4.78 is 28.6. The van der Waals surface area contributed by atoms with E-state index in [4.69, 9.17) is 23.7 Å². The highest BCUT2D eigenvalue weighted by molar-refractivity contribution is 7.07. The molecule has 1 aliphatic rings. The molecule has 0 N–H and O–H groups in total. The van der Waals surface area contributed by atoms with Crippen LogP contribution in [0.3, 0.4) is 0 Å². The number of fused-ring (bicyclic) bond motifs is 1. The summed E-state index contributed by atoms with van der Waals surface area (Å²) in [7, 11) is 4.52. The molecule has 0 fully saturated rings. The maximum absolute atomic E-state index is 13.8. The number of ether oxygens (including phenoxy) is 5. The molecule has 39 heavy (non-hydrogen) atoms. The van der Waals surface area contributed by atoms with Gasteiger partial charge in [-0.25, -0.2) is 9.79 Å². The molecule has 2 heterocycles. The topological polar surface area (TPSA) is 115 Å². The molecule has 0 radical (unpaired) electrons. The first kappa shape index (κ1) is 27.6. The van der Waals surface area contributed by atoms with E-state index in [2.05, 4.69) is 4.99 Å². The number of thiazole rings is 1. The third kappa shape index (κ3) is 5.44. The van der Waals surface area contributed by atoms with Crippen molar-refractivity contribution in [1.29, 1.82) is 0 Å². The zero-order valence-corrected chi connectivity index (χ0v) is 23.2. The molecule has 1 aromatic heterocycles. The van der Waals surface area contributed by atoms with Crippen molar-refractivity contribution in [3.8, 4) is 23.0 Å². The average Bonchev–Trinajstić information content (AvgIpc) is 3.21. The molecule has 0 spiro atoms. The molecule has 204 valence electrons. The van der Waals surface area contributed by atoms with Gasteiger partial charge >= 0.3 is 11.9 Å². The monoisotopic (exact) mass is 552 g/mol. The fraction of sp³-hybridized carbons (Fsp3) is 0.286. The van der Waals surface area contributed by atoms with E-state index in [0.717, 1.165) is 5.56 Å². The second-order valence-electron chi connectivity index (χ2n) is 8.42. The number of benzene rings is 2. The van der Waals surface area contributed by atoms with Crippen molar-refractivity contribution in [3.63, 3.8) is 0 Å². The number of aromatic nitrogens is 1. The van der Waals surface area contributed by atoms with Crippen molar-refractivity contribution in [2.45, 2.75) is 26.8 Å². The first-order valence-electron chi connectivity index (χ1n) is 12.0. The SMILES string of the molecule is CCOC(=O)C1=C(C)N=c2sc(=Cc3ccc(OC)c(OC)c3)c(=O)n2C1c1ccc(OC(C)=O)c(OC)c1. The van der Waals surface area contributed by atoms with Gasteiger partial charge in [-0.3, -0.25) is 14.2 Å². The lowest BCUT2D eigenvalue weighted by atomic mass is 9.95. The van der Waals surface area contributed by atoms with Crippen LogP contribution in [0.15, 0.2) is 57.5 Å². The van der Waals surface area contributed by atoms with Crippen LogP contribution >= 0.6 is 11.3 Å². The van der Waals surface area contributed by atoms with E-state index in [1.165, 1.54) is 37.0 Å². The van der Waals surface area contributed by atoms with Crippen LogP contribution in [0, 0.1) is 0 Å². The Labute approximate surface area is 228 Å². The van der Waals surface area contributed by atoms with Crippen LogP contribution in [0.1, 0.15) is 37.9 Å². The molecule has 1 unspecified atom stereocenters. The number of carbonyl (C=O) groups is 2. The van der Waals surface area contributed by atoms with Gasteiger partial charge in [0, 0.05) is 6.92 Å². The van der Waals surface area contributed by atoms with Crippen molar-refractivity contribution in [1.82, 2.24) is 4.57 Å². The quantitative estimate of drug-likeness (QED) is 0.310. The van der Waals surface area contributed by atoms with Gasteiger partial charge in [-0.05, 0) is 55.3 Å². The summed E-state index contributed by atoms with van der Waals surface area (Å²) >= 11 is 1.20. The Kier molecular flexibility index (Phi) is 8.20. The van der Waals surface area contributed by atoms with Crippen LogP contribution in [0.4, 0.5) is 0 Å². The Hall–Kier alpha value is -4.38. The summed E-state index contributed by atoms with van der Waals surface area (Å²) in [5, 5.41) is 0. The zero-order chi connectivity index (χ0) is 28.3. The molecule has 0 amide bonds. The molecule has 4 rings (SSSR count). The van der Waals surface area contributed by atoms with E-state index in [9.17, 15) is 14.4 Å². The molecule has 1 atom stereocenters. The molecule has 0 aliphatic carbocycles. The standard InChI is InChI=1S/C28H28N2O8S/c1-7-37-27(33)24-15(2)29-28-30(25(24)18-9-11-20(38-16(3)31)22(14-18)36-6)26(32)23(39-28)13-17-8-10-19(34-4)21(12-17)35-5/h8-14,25H,7H2,1-6H3. The van der Waals surface area contributed by atoms with Gasteiger partial charge in [0.05, 0.1) is 49.8 Å². The predicted octanol–water partition coefficient (Wildman–Crippen LogP) is 2.75. The number of allylic oxidation sites excluding steroid dienone is 1. The fourth-order valence-electron chi connectivity index (χ4n) is 4.29. The first-order valence-corrected chi connectivity index (χ1v) is 12.8. The van der Waals surface area contributed by atoms with Crippen molar-refractivity contribution in [3.05, 3.63) is 78.5 Å². The molecule has 1 aliphatic heterocycles. The Bertz CT molecular complexity index is 1650. The molecule has 0 saturated heterocycles. The Morgan fingerprint density at radius 1 is 1.00 bits per heavy atom. The van der Waals surface area contributed by atoms with Gasteiger partial charge in [0.2, 0.25) is 0 Å². The highest BCUT2D eigenvalue weighted by Gasteiger charge is 2.34. The maximum Gasteiger partial charge on any atom is 0.338 e. The lowest BCUT2D eigenvalue weighted by Crippen LogP contribution is -2.40. The summed E-state index contributed by atoms with van der Waals surface area (Å²) in [5.41, 5.74) is 1.60. The Morgan fingerprint density at radius 3 is 2.31 bits per heavy atom. The molecule has 0 saturated carbocycles. The van der Waals surface area contributed by atoms with Crippen LogP contribution in [-0.2, 0) is 14.3 Å². The van der Waals surface area contributed by atoms with E-state index < -0.39 is 18.0 Å². The Morgan fingerprint density at radius 2 is 1.67 bits per heavy atom. The molecule has 3 aromatic rings. The second-order valence-corrected chi connectivity index (χ2v) is 9.43. The molecule has 2 aromatic carbocycles. The molecular weight excluding hydrogens is 524 g/mol. The van der Waals surface area contributed by atoms with E-state index >= 15 is 0 Å². The normalized spacial score (nSPS) is 14.8. The van der Waals surface area contributed by atoms with Gasteiger partial charge < -0.3 is 23.7 Å². The minimum Gasteiger partial charge on any atom is -0.493 e. The molecule has 0 bridgehead atoms. The first-order chi connectivity index (χ1) is 18.7.